The van der Waals surface area contributed by atoms with Gasteiger partial charge in [0.25, 0.3) is 0 Å². The van der Waals surface area contributed by atoms with Crippen molar-refractivity contribution in [1.82, 2.24) is 9.97 Å². The van der Waals surface area contributed by atoms with Crippen LogP contribution < -0.4 is 0 Å². The number of hydrogen-bond acceptors (Lipinski definition) is 1. The van der Waals surface area contributed by atoms with E-state index in [9.17, 15) is 0 Å². The summed E-state index contributed by atoms with van der Waals surface area (Å²) < 4.78 is 0.976. The van der Waals surface area contributed by atoms with Crippen LogP contribution in [0.2, 0.25) is 0 Å². The number of H-pyrrole nitrogens is 1. The molecule has 1 aliphatic carbocycles. The molecule has 1 aliphatic rings. The van der Waals surface area contributed by atoms with E-state index in [1.54, 1.807) is 0 Å². The number of halogens is 1. The fourth-order valence-electron chi connectivity index (χ4n) is 1.85. The number of hydrogen-bond donors (Lipinski definition) is 1. The SMILES string of the molecule is Cc1[nH]c(C2CCCC2)nc1Br. The second-order valence-electron chi connectivity index (χ2n) is 3.52. The van der Waals surface area contributed by atoms with Crippen LogP contribution in [0.15, 0.2) is 4.60 Å². The van der Waals surface area contributed by atoms with Gasteiger partial charge >= 0.3 is 0 Å². The molecule has 1 heterocycles. The molecule has 0 radical (unpaired) electrons. The maximum Gasteiger partial charge on any atom is 0.127 e. The van der Waals surface area contributed by atoms with Crippen LogP contribution in [0.5, 0.6) is 0 Å². The van der Waals surface area contributed by atoms with Gasteiger partial charge in [-0.05, 0) is 35.7 Å². The van der Waals surface area contributed by atoms with E-state index in [0.717, 1.165) is 10.3 Å². The van der Waals surface area contributed by atoms with Crippen molar-refractivity contribution < 1.29 is 0 Å². The van der Waals surface area contributed by atoms with Crippen LogP contribution in [-0.4, -0.2) is 9.97 Å². The zero-order valence-corrected chi connectivity index (χ0v) is 8.82. The summed E-state index contributed by atoms with van der Waals surface area (Å²) in [6.07, 6.45) is 5.34. The molecule has 0 aliphatic heterocycles. The molecule has 1 saturated carbocycles. The third kappa shape index (κ3) is 1.42. The van der Waals surface area contributed by atoms with Gasteiger partial charge in [-0.15, -0.1) is 0 Å². The quantitative estimate of drug-likeness (QED) is 0.787. The molecule has 1 aromatic heterocycles. The van der Waals surface area contributed by atoms with Gasteiger partial charge < -0.3 is 4.98 Å². The maximum absolute atomic E-state index is 4.45. The average Bonchev–Trinajstić information content (AvgIpc) is 2.61. The van der Waals surface area contributed by atoms with E-state index in [0.29, 0.717) is 5.92 Å². The highest BCUT2D eigenvalue weighted by molar-refractivity contribution is 9.10. The maximum atomic E-state index is 4.45. The molecule has 0 aromatic carbocycles. The van der Waals surface area contributed by atoms with Crippen molar-refractivity contribution in [3.8, 4) is 0 Å². The fourth-order valence-corrected chi connectivity index (χ4v) is 2.14. The zero-order valence-electron chi connectivity index (χ0n) is 7.23. The number of imidazole rings is 1. The number of nitrogens with one attached hydrogen (secondary N) is 1. The molecule has 0 saturated heterocycles. The Hall–Kier alpha value is -0.310. The minimum atomic E-state index is 0.690. The van der Waals surface area contributed by atoms with E-state index < -0.39 is 0 Å². The Morgan fingerprint density at radius 3 is 2.58 bits per heavy atom. The lowest BCUT2D eigenvalue weighted by Gasteiger charge is -2.02. The van der Waals surface area contributed by atoms with Gasteiger partial charge in [-0.1, -0.05) is 12.8 Å². The summed E-state index contributed by atoms with van der Waals surface area (Å²) >= 11 is 3.42. The first-order valence-electron chi connectivity index (χ1n) is 4.49. The molecular formula is C9H13BrN2. The number of nitrogens with zero attached hydrogens (tertiary/aromatic N) is 1. The highest BCUT2D eigenvalue weighted by Gasteiger charge is 2.20. The minimum Gasteiger partial charge on any atom is -0.345 e. The Morgan fingerprint density at radius 1 is 1.42 bits per heavy atom. The van der Waals surface area contributed by atoms with E-state index in [1.165, 1.54) is 31.5 Å². The van der Waals surface area contributed by atoms with Crippen LogP contribution in [0, 0.1) is 6.92 Å². The number of aromatic amines is 1. The molecule has 2 rings (SSSR count). The smallest absolute Gasteiger partial charge is 0.127 e. The fraction of sp³-hybridized carbons (Fsp3) is 0.667. The molecule has 0 unspecified atom stereocenters. The first-order chi connectivity index (χ1) is 5.77. The molecule has 1 aromatic rings. The van der Waals surface area contributed by atoms with E-state index >= 15 is 0 Å². The monoisotopic (exact) mass is 228 g/mol. The third-order valence-electron chi connectivity index (χ3n) is 2.59. The van der Waals surface area contributed by atoms with Crippen LogP contribution in [-0.2, 0) is 0 Å². The van der Waals surface area contributed by atoms with Crippen LogP contribution in [0.25, 0.3) is 0 Å². The van der Waals surface area contributed by atoms with Crippen LogP contribution >= 0.6 is 15.9 Å². The summed E-state index contributed by atoms with van der Waals surface area (Å²) in [7, 11) is 0. The Labute approximate surface area is 80.9 Å². The average molecular weight is 229 g/mol. The summed E-state index contributed by atoms with van der Waals surface area (Å²) in [5, 5.41) is 0. The zero-order chi connectivity index (χ0) is 8.55. The Bertz CT molecular complexity index is 255. The third-order valence-corrected chi connectivity index (χ3v) is 3.36. The van der Waals surface area contributed by atoms with Crippen molar-refractivity contribution in [2.24, 2.45) is 0 Å². The predicted molar refractivity (Wildman–Crippen MR) is 52.2 cm³/mol. The van der Waals surface area contributed by atoms with Gasteiger partial charge in [-0.2, -0.15) is 0 Å². The molecule has 0 amide bonds. The first kappa shape index (κ1) is 8.30. The normalized spacial score (nSPS) is 18.8. The predicted octanol–water partition coefficient (Wildman–Crippen LogP) is 3.14. The minimum absolute atomic E-state index is 0.690. The lowest BCUT2D eigenvalue weighted by molar-refractivity contribution is 0.676. The lowest BCUT2D eigenvalue weighted by Crippen LogP contribution is -1.94. The van der Waals surface area contributed by atoms with Crippen LogP contribution in [0.3, 0.4) is 0 Å². The van der Waals surface area contributed by atoms with Crippen molar-refractivity contribution in [1.29, 1.82) is 0 Å². The summed E-state index contributed by atoms with van der Waals surface area (Å²) in [6.45, 7) is 2.05. The van der Waals surface area contributed by atoms with E-state index in [4.69, 9.17) is 0 Å². The van der Waals surface area contributed by atoms with Gasteiger partial charge in [0.15, 0.2) is 0 Å². The Kier molecular flexibility index (Phi) is 2.22. The molecule has 0 spiro atoms. The Balaban J connectivity index is 2.21. The van der Waals surface area contributed by atoms with Crippen molar-refractivity contribution in [2.45, 2.75) is 38.5 Å². The number of aromatic nitrogens is 2. The molecule has 0 bridgehead atoms. The summed E-state index contributed by atoms with van der Waals surface area (Å²) in [5.74, 6) is 1.87. The van der Waals surface area contributed by atoms with Gasteiger partial charge in [-0.25, -0.2) is 4.98 Å². The lowest BCUT2D eigenvalue weighted by atomic mass is 10.1. The largest absolute Gasteiger partial charge is 0.345 e. The molecular weight excluding hydrogens is 216 g/mol. The van der Waals surface area contributed by atoms with Gasteiger partial charge in [0.1, 0.15) is 10.4 Å². The number of aryl methyl sites for hydroxylation is 1. The number of rotatable bonds is 1. The van der Waals surface area contributed by atoms with E-state index in [2.05, 4.69) is 32.8 Å². The second-order valence-corrected chi connectivity index (χ2v) is 4.27. The topological polar surface area (TPSA) is 28.7 Å². The standard InChI is InChI=1S/C9H13BrN2/c1-6-8(10)12-9(11-6)7-4-2-3-5-7/h7H,2-5H2,1H3,(H,11,12). The molecule has 66 valence electrons. The molecule has 12 heavy (non-hydrogen) atoms. The van der Waals surface area contributed by atoms with Crippen LogP contribution in [0.4, 0.5) is 0 Å². The van der Waals surface area contributed by atoms with Crippen molar-refractivity contribution >= 4 is 15.9 Å². The summed E-state index contributed by atoms with van der Waals surface area (Å²) in [4.78, 5) is 7.78. The summed E-state index contributed by atoms with van der Waals surface area (Å²) in [5.41, 5.74) is 1.15. The second kappa shape index (κ2) is 3.21. The van der Waals surface area contributed by atoms with Gasteiger partial charge in [-0.3, -0.25) is 0 Å². The van der Waals surface area contributed by atoms with Gasteiger partial charge in [0.05, 0.1) is 0 Å². The molecule has 2 nitrogen and oxygen atoms in total. The van der Waals surface area contributed by atoms with Crippen molar-refractivity contribution in [2.75, 3.05) is 0 Å². The van der Waals surface area contributed by atoms with Crippen molar-refractivity contribution in [3.05, 3.63) is 16.1 Å². The molecule has 0 atom stereocenters. The molecule has 1 N–H and O–H groups in total. The van der Waals surface area contributed by atoms with Crippen LogP contribution in [0.1, 0.15) is 43.1 Å². The Morgan fingerprint density at radius 2 is 2.08 bits per heavy atom. The highest BCUT2D eigenvalue weighted by atomic mass is 79.9. The first-order valence-corrected chi connectivity index (χ1v) is 5.28. The molecule has 1 fully saturated rings. The highest BCUT2D eigenvalue weighted by Crippen LogP contribution is 2.33. The van der Waals surface area contributed by atoms with E-state index in [-0.39, 0.29) is 0 Å². The van der Waals surface area contributed by atoms with Crippen molar-refractivity contribution in [3.63, 3.8) is 0 Å². The molecule has 3 heteroatoms. The summed E-state index contributed by atoms with van der Waals surface area (Å²) in [6, 6.07) is 0. The van der Waals surface area contributed by atoms with Gasteiger partial charge in [0, 0.05) is 11.6 Å². The van der Waals surface area contributed by atoms with Gasteiger partial charge in [0.2, 0.25) is 0 Å². The van der Waals surface area contributed by atoms with E-state index in [1.807, 2.05) is 0 Å².